The first-order valence-electron chi connectivity index (χ1n) is 4.56. The third kappa shape index (κ3) is 2.59. The summed E-state index contributed by atoms with van der Waals surface area (Å²) < 4.78 is 25.7. The summed E-state index contributed by atoms with van der Waals surface area (Å²) in [5.74, 6) is -1.83. The van der Waals surface area contributed by atoms with Crippen molar-refractivity contribution in [3.8, 4) is 0 Å². The Morgan fingerprint density at radius 1 is 1.20 bits per heavy atom. The maximum absolute atomic E-state index is 12.9. The summed E-state index contributed by atoms with van der Waals surface area (Å²) in [6, 6.07) is 2.80. The van der Waals surface area contributed by atoms with E-state index in [0.717, 1.165) is 18.2 Å². The third-order valence-corrected chi connectivity index (χ3v) is 2.32. The van der Waals surface area contributed by atoms with Crippen molar-refractivity contribution in [2.75, 3.05) is 7.05 Å². The number of carbonyl (C=O) groups excluding carboxylic acids is 1. The number of nitrogens with one attached hydrogen (secondary N) is 1. The van der Waals surface area contributed by atoms with Gasteiger partial charge in [0.1, 0.15) is 11.6 Å². The maximum Gasteiger partial charge on any atom is 0.182 e. The largest absolute Gasteiger partial charge is 0.308 e. The molecule has 0 spiro atoms. The SMILES string of the molecule is CNC(C)(C)C(=O)c1cc(F)cc(F)c1. The average molecular weight is 213 g/mol. The Hall–Kier alpha value is -1.29. The van der Waals surface area contributed by atoms with Crippen molar-refractivity contribution in [3.63, 3.8) is 0 Å². The summed E-state index contributed by atoms with van der Waals surface area (Å²) in [6.45, 7) is 3.30. The van der Waals surface area contributed by atoms with Crippen LogP contribution in [0.3, 0.4) is 0 Å². The highest BCUT2D eigenvalue weighted by Gasteiger charge is 2.27. The van der Waals surface area contributed by atoms with Gasteiger partial charge in [0, 0.05) is 11.6 Å². The van der Waals surface area contributed by atoms with Gasteiger partial charge in [0.15, 0.2) is 5.78 Å². The van der Waals surface area contributed by atoms with E-state index in [1.807, 2.05) is 0 Å². The van der Waals surface area contributed by atoms with Crippen molar-refractivity contribution >= 4 is 5.78 Å². The number of likely N-dealkylation sites (N-methyl/N-ethyl adjacent to an activating group) is 1. The van der Waals surface area contributed by atoms with Crippen molar-refractivity contribution in [3.05, 3.63) is 35.4 Å². The van der Waals surface area contributed by atoms with Crippen LogP contribution in [0.2, 0.25) is 0 Å². The van der Waals surface area contributed by atoms with Crippen LogP contribution in [-0.2, 0) is 0 Å². The molecular formula is C11H13F2NO. The highest BCUT2D eigenvalue weighted by molar-refractivity contribution is 6.02. The van der Waals surface area contributed by atoms with Gasteiger partial charge in [0.2, 0.25) is 0 Å². The normalized spacial score (nSPS) is 11.5. The van der Waals surface area contributed by atoms with E-state index in [2.05, 4.69) is 5.32 Å². The quantitative estimate of drug-likeness (QED) is 0.779. The van der Waals surface area contributed by atoms with Crippen LogP contribution >= 0.6 is 0 Å². The molecule has 15 heavy (non-hydrogen) atoms. The van der Waals surface area contributed by atoms with Gasteiger partial charge < -0.3 is 5.32 Å². The molecule has 1 aromatic rings. The first kappa shape index (κ1) is 11.8. The average Bonchev–Trinajstić information content (AvgIpc) is 2.15. The summed E-state index contributed by atoms with van der Waals surface area (Å²) in [6.07, 6.45) is 0. The molecule has 0 heterocycles. The summed E-state index contributed by atoms with van der Waals surface area (Å²) in [4.78, 5) is 11.8. The van der Waals surface area contributed by atoms with E-state index in [1.165, 1.54) is 0 Å². The minimum Gasteiger partial charge on any atom is -0.308 e. The fourth-order valence-electron chi connectivity index (χ4n) is 1.16. The van der Waals surface area contributed by atoms with Gasteiger partial charge in [-0.15, -0.1) is 0 Å². The first-order valence-corrected chi connectivity index (χ1v) is 4.56. The molecule has 0 aliphatic heterocycles. The van der Waals surface area contributed by atoms with Crippen LogP contribution in [-0.4, -0.2) is 18.4 Å². The van der Waals surface area contributed by atoms with E-state index >= 15 is 0 Å². The van der Waals surface area contributed by atoms with E-state index in [0.29, 0.717) is 0 Å². The van der Waals surface area contributed by atoms with E-state index < -0.39 is 17.2 Å². The van der Waals surface area contributed by atoms with Gasteiger partial charge in [-0.3, -0.25) is 4.79 Å². The van der Waals surface area contributed by atoms with Crippen LogP contribution in [0.4, 0.5) is 8.78 Å². The van der Waals surface area contributed by atoms with E-state index in [4.69, 9.17) is 0 Å². The van der Waals surface area contributed by atoms with Gasteiger partial charge >= 0.3 is 0 Å². The van der Waals surface area contributed by atoms with Gasteiger partial charge in [0.05, 0.1) is 5.54 Å². The Morgan fingerprint density at radius 3 is 2.07 bits per heavy atom. The minimum atomic E-state index is -0.833. The molecule has 0 unspecified atom stereocenters. The number of halogens is 2. The lowest BCUT2D eigenvalue weighted by Gasteiger charge is -2.22. The van der Waals surface area contributed by atoms with Gasteiger partial charge in [0.25, 0.3) is 0 Å². The molecule has 0 radical (unpaired) electrons. The number of hydrogen-bond acceptors (Lipinski definition) is 2. The molecule has 0 fully saturated rings. The lowest BCUT2D eigenvalue weighted by molar-refractivity contribution is 0.0888. The predicted molar refractivity (Wildman–Crippen MR) is 53.8 cm³/mol. The van der Waals surface area contributed by atoms with Crippen molar-refractivity contribution in [1.82, 2.24) is 5.32 Å². The van der Waals surface area contributed by atoms with Crippen LogP contribution in [0, 0.1) is 11.6 Å². The smallest absolute Gasteiger partial charge is 0.182 e. The van der Waals surface area contributed by atoms with Gasteiger partial charge in [-0.2, -0.15) is 0 Å². The monoisotopic (exact) mass is 213 g/mol. The third-order valence-electron chi connectivity index (χ3n) is 2.32. The Balaban J connectivity index is 3.12. The zero-order chi connectivity index (χ0) is 11.6. The van der Waals surface area contributed by atoms with Crippen LogP contribution in [0.5, 0.6) is 0 Å². The number of ketones is 1. The Kier molecular flexibility index (Phi) is 3.19. The van der Waals surface area contributed by atoms with Crippen molar-refractivity contribution in [2.45, 2.75) is 19.4 Å². The van der Waals surface area contributed by atoms with E-state index in [-0.39, 0.29) is 11.3 Å². The van der Waals surface area contributed by atoms with Gasteiger partial charge in [-0.1, -0.05) is 0 Å². The molecule has 1 rings (SSSR count). The molecule has 0 atom stereocenters. The molecular weight excluding hydrogens is 200 g/mol. The number of benzene rings is 1. The van der Waals surface area contributed by atoms with Gasteiger partial charge in [-0.05, 0) is 33.0 Å². The molecule has 0 saturated carbocycles. The van der Waals surface area contributed by atoms with E-state index in [1.54, 1.807) is 20.9 Å². The second kappa shape index (κ2) is 4.06. The molecule has 0 aliphatic rings. The van der Waals surface area contributed by atoms with Crippen LogP contribution in [0.25, 0.3) is 0 Å². The van der Waals surface area contributed by atoms with Crippen molar-refractivity contribution in [2.24, 2.45) is 0 Å². The fraction of sp³-hybridized carbons (Fsp3) is 0.364. The zero-order valence-corrected chi connectivity index (χ0v) is 8.90. The zero-order valence-electron chi connectivity index (χ0n) is 8.90. The first-order chi connectivity index (χ1) is 6.86. The lowest BCUT2D eigenvalue weighted by Crippen LogP contribution is -2.44. The van der Waals surface area contributed by atoms with E-state index in [9.17, 15) is 13.6 Å². The molecule has 1 aromatic carbocycles. The predicted octanol–water partition coefficient (Wildman–Crippen LogP) is 2.15. The van der Waals surface area contributed by atoms with Gasteiger partial charge in [-0.25, -0.2) is 8.78 Å². The summed E-state index contributed by atoms with van der Waals surface area (Å²) >= 11 is 0. The molecule has 4 heteroatoms. The number of carbonyl (C=O) groups is 1. The second-order valence-electron chi connectivity index (χ2n) is 3.86. The molecule has 0 saturated heterocycles. The van der Waals surface area contributed by atoms with Crippen LogP contribution in [0.1, 0.15) is 24.2 Å². The number of hydrogen-bond donors (Lipinski definition) is 1. The molecule has 2 nitrogen and oxygen atoms in total. The summed E-state index contributed by atoms with van der Waals surface area (Å²) in [5, 5.41) is 2.78. The molecule has 0 amide bonds. The molecule has 82 valence electrons. The summed E-state index contributed by atoms with van der Waals surface area (Å²) in [5.41, 5.74) is -0.799. The van der Waals surface area contributed by atoms with Crippen molar-refractivity contribution in [1.29, 1.82) is 0 Å². The second-order valence-corrected chi connectivity index (χ2v) is 3.86. The topological polar surface area (TPSA) is 29.1 Å². The molecule has 0 bridgehead atoms. The standard InChI is InChI=1S/C11H13F2NO/c1-11(2,14-3)10(15)7-4-8(12)6-9(13)5-7/h4-6,14H,1-3H3. The highest BCUT2D eigenvalue weighted by Crippen LogP contribution is 2.15. The Bertz CT molecular complexity index is 368. The number of Topliss-reactive ketones (excluding diaryl/α,β-unsaturated/α-hetero) is 1. The summed E-state index contributed by atoms with van der Waals surface area (Å²) in [7, 11) is 1.62. The lowest BCUT2D eigenvalue weighted by atomic mass is 9.93. The van der Waals surface area contributed by atoms with Crippen molar-refractivity contribution < 1.29 is 13.6 Å². The maximum atomic E-state index is 12.9. The van der Waals surface area contributed by atoms with Crippen LogP contribution < -0.4 is 5.32 Å². The molecule has 0 aromatic heterocycles. The Labute approximate surface area is 87.3 Å². The fourth-order valence-corrected chi connectivity index (χ4v) is 1.16. The minimum absolute atomic E-state index is 0.0341. The number of rotatable bonds is 3. The molecule has 0 aliphatic carbocycles. The highest BCUT2D eigenvalue weighted by atomic mass is 19.1. The Morgan fingerprint density at radius 2 is 1.67 bits per heavy atom. The van der Waals surface area contributed by atoms with Crippen LogP contribution in [0.15, 0.2) is 18.2 Å². The molecule has 1 N–H and O–H groups in total.